The molecule has 0 bridgehead atoms. The minimum Gasteiger partial charge on any atom is -0.381 e. The van der Waals surface area contributed by atoms with Crippen LogP contribution in [0.4, 0.5) is 0 Å². The van der Waals surface area contributed by atoms with Crippen LogP contribution in [-0.4, -0.2) is 64.2 Å². The summed E-state index contributed by atoms with van der Waals surface area (Å²) in [5.41, 5.74) is 0.221. The zero-order valence-corrected chi connectivity index (χ0v) is 20.6. The van der Waals surface area contributed by atoms with E-state index in [0.717, 1.165) is 84.2 Å². The lowest BCUT2D eigenvalue weighted by atomic mass is 9.58. The van der Waals surface area contributed by atoms with Gasteiger partial charge in [0.05, 0.1) is 19.3 Å². The van der Waals surface area contributed by atoms with Crippen molar-refractivity contribution in [1.82, 2.24) is 10.6 Å². The molecule has 1 aliphatic carbocycles. The van der Waals surface area contributed by atoms with E-state index in [-0.39, 0.29) is 29.4 Å². The molecule has 3 atom stereocenters. The molecule has 2 aliphatic rings. The Morgan fingerprint density at radius 3 is 2.61 bits per heavy atom. The van der Waals surface area contributed by atoms with Crippen LogP contribution in [0.1, 0.15) is 59.8 Å². The Bertz CT molecular complexity index is 441. The highest BCUT2D eigenvalue weighted by Gasteiger charge is 2.53. The fraction of sp³-hybridized carbons (Fsp3) is 0.952. The van der Waals surface area contributed by atoms with Gasteiger partial charge in [-0.1, -0.05) is 13.8 Å². The molecule has 0 amide bonds. The topological polar surface area (TPSA) is 64.1 Å². The molecule has 1 aliphatic heterocycles. The third-order valence-electron chi connectivity index (χ3n) is 6.22. The molecule has 1 saturated heterocycles. The van der Waals surface area contributed by atoms with Crippen molar-refractivity contribution in [1.29, 1.82) is 0 Å². The second-order valence-corrected chi connectivity index (χ2v) is 7.74. The molecular formula is C21H42IN3O3. The Hall–Kier alpha value is -0.120. The Morgan fingerprint density at radius 1 is 1.21 bits per heavy atom. The lowest BCUT2D eigenvalue weighted by Crippen LogP contribution is -2.65. The smallest absolute Gasteiger partial charge is 0.191 e. The van der Waals surface area contributed by atoms with Crippen LogP contribution in [0, 0.1) is 11.3 Å². The van der Waals surface area contributed by atoms with Crippen LogP contribution in [0.2, 0.25) is 0 Å². The van der Waals surface area contributed by atoms with E-state index in [2.05, 4.69) is 38.3 Å². The van der Waals surface area contributed by atoms with Gasteiger partial charge in [-0.15, -0.1) is 24.0 Å². The fourth-order valence-corrected chi connectivity index (χ4v) is 4.39. The molecule has 2 rings (SSSR count). The number of guanidine groups is 1. The molecule has 2 fully saturated rings. The zero-order chi connectivity index (χ0) is 19.5. The molecule has 0 aromatic carbocycles. The van der Waals surface area contributed by atoms with Gasteiger partial charge in [0, 0.05) is 50.3 Å². The Balaban J connectivity index is 0.00000392. The highest BCUT2D eigenvalue weighted by molar-refractivity contribution is 14.0. The molecular weight excluding hydrogens is 469 g/mol. The number of hydrogen-bond acceptors (Lipinski definition) is 4. The van der Waals surface area contributed by atoms with Gasteiger partial charge in [0.25, 0.3) is 0 Å². The minimum atomic E-state index is 0. The van der Waals surface area contributed by atoms with Gasteiger partial charge in [0.2, 0.25) is 0 Å². The molecule has 3 unspecified atom stereocenters. The first-order valence-corrected chi connectivity index (χ1v) is 11.0. The average Bonchev–Trinajstić information content (AvgIpc) is 3.18. The molecule has 1 heterocycles. The van der Waals surface area contributed by atoms with Crippen LogP contribution in [0.3, 0.4) is 0 Å². The first-order chi connectivity index (χ1) is 13.2. The van der Waals surface area contributed by atoms with Crippen LogP contribution >= 0.6 is 24.0 Å². The van der Waals surface area contributed by atoms with Gasteiger partial charge >= 0.3 is 0 Å². The number of ether oxygens (including phenoxy) is 3. The highest BCUT2D eigenvalue weighted by Crippen LogP contribution is 2.48. The number of rotatable bonds is 12. The summed E-state index contributed by atoms with van der Waals surface area (Å²) in [7, 11) is 0. The van der Waals surface area contributed by atoms with Crippen molar-refractivity contribution < 1.29 is 14.2 Å². The summed E-state index contributed by atoms with van der Waals surface area (Å²) in [6.07, 6.45) is 5.77. The van der Waals surface area contributed by atoms with E-state index in [9.17, 15) is 0 Å². The molecule has 166 valence electrons. The first kappa shape index (κ1) is 25.9. The van der Waals surface area contributed by atoms with E-state index in [0.29, 0.717) is 18.1 Å². The van der Waals surface area contributed by atoms with Crippen molar-refractivity contribution in [3.05, 3.63) is 0 Å². The summed E-state index contributed by atoms with van der Waals surface area (Å²) in [4.78, 5) is 4.76. The van der Waals surface area contributed by atoms with Gasteiger partial charge in [-0.2, -0.15) is 0 Å². The average molecular weight is 511 g/mol. The first-order valence-electron chi connectivity index (χ1n) is 11.0. The quantitative estimate of drug-likeness (QED) is 0.182. The largest absolute Gasteiger partial charge is 0.381 e. The lowest BCUT2D eigenvalue weighted by molar-refractivity contribution is -0.133. The Labute approximate surface area is 189 Å². The molecule has 6 nitrogen and oxygen atoms in total. The van der Waals surface area contributed by atoms with Crippen LogP contribution in [0.15, 0.2) is 4.99 Å². The summed E-state index contributed by atoms with van der Waals surface area (Å²) >= 11 is 0. The minimum absolute atomic E-state index is 0. The number of hydrogen-bond donors (Lipinski definition) is 2. The maximum Gasteiger partial charge on any atom is 0.191 e. The van der Waals surface area contributed by atoms with E-state index in [1.165, 1.54) is 0 Å². The third-order valence-corrected chi connectivity index (χ3v) is 6.22. The summed E-state index contributed by atoms with van der Waals surface area (Å²) in [6.45, 7) is 14.5. The molecule has 0 radical (unpaired) electrons. The number of nitrogens with one attached hydrogen (secondary N) is 2. The van der Waals surface area contributed by atoms with E-state index >= 15 is 0 Å². The van der Waals surface area contributed by atoms with Crippen LogP contribution < -0.4 is 10.6 Å². The van der Waals surface area contributed by atoms with Crippen molar-refractivity contribution in [2.75, 3.05) is 46.1 Å². The van der Waals surface area contributed by atoms with Gasteiger partial charge in [-0.25, -0.2) is 0 Å². The highest BCUT2D eigenvalue weighted by atomic mass is 127. The summed E-state index contributed by atoms with van der Waals surface area (Å²) in [5.74, 6) is 1.51. The summed E-state index contributed by atoms with van der Waals surface area (Å²) in [5, 5.41) is 7.06. The fourth-order valence-electron chi connectivity index (χ4n) is 4.39. The van der Waals surface area contributed by atoms with Crippen molar-refractivity contribution in [3.63, 3.8) is 0 Å². The summed E-state index contributed by atoms with van der Waals surface area (Å²) < 4.78 is 17.1. The Kier molecular flexibility index (Phi) is 12.9. The third kappa shape index (κ3) is 6.99. The van der Waals surface area contributed by atoms with E-state index in [1.807, 2.05) is 0 Å². The second-order valence-electron chi connectivity index (χ2n) is 7.74. The van der Waals surface area contributed by atoms with Crippen LogP contribution in [0.5, 0.6) is 0 Å². The SMILES string of the molecule is CCNC(=NCCCOCC1CCOC1)NC1CC(OCC)C1(CC)CC.I. The van der Waals surface area contributed by atoms with Gasteiger partial charge in [-0.3, -0.25) is 4.99 Å². The molecule has 0 aromatic heterocycles. The normalized spacial score (nSPS) is 26.4. The molecule has 2 N–H and O–H groups in total. The summed E-state index contributed by atoms with van der Waals surface area (Å²) in [6, 6.07) is 0.431. The monoisotopic (exact) mass is 511 g/mol. The van der Waals surface area contributed by atoms with Gasteiger partial charge < -0.3 is 24.8 Å². The standard InChI is InChI=1S/C21H41N3O3.HI/c1-5-21(6-2)18(14-19(21)27-8-4)24-20(22-7-3)23-11-9-12-25-15-17-10-13-26-16-17;/h17-19H,5-16H2,1-4H3,(H2,22,23,24);1H. The number of halogens is 1. The molecule has 7 heteroatoms. The van der Waals surface area contributed by atoms with E-state index < -0.39 is 0 Å². The van der Waals surface area contributed by atoms with Gasteiger partial charge in [0.15, 0.2) is 5.96 Å². The lowest BCUT2D eigenvalue weighted by Gasteiger charge is -2.55. The van der Waals surface area contributed by atoms with E-state index in [4.69, 9.17) is 19.2 Å². The van der Waals surface area contributed by atoms with Crippen molar-refractivity contribution in [3.8, 4) is 0 Å². The maximum absolute atomic E-state index is 5.99. The molecule has 1 saturated carbocycles. The van der Waals surface area contributed by atoms with E-state index in [1.54, 1.807) is 0 Å². The molecule has 0 aromatic rings. The maximum atomic E-state index is 5.99. The van der Waals surface area contributed by atoms with Crippen LogP contribution in [-0.2, 0) is 14.2 Å². The molecule has 28 heavy (non-hydrogen) atoms. The number of nitrogens with zero attached hydrogens (tertiary/aromatic N) is 1. The van der Waals surface area contributed by atoms with Gasteiger partial charge in [-0.05, 0) is 46.0 Å². The number of aliphatic imine (C=N–C) groups is 1. The van der Waals surface area contributed by atoms with Crippen molar-refractivity contribution >= 4 is 29.9 Å². The van der Waals surface area contributed by atoms with Crippen molar-refractivity contribution in [2.45, 2.75) is 71.9 Å². The Morgan fingerprint density at radius 2 is 2.00 bits per heavy atom. The zero-order valence-electron chi connectivity index (χ0n) is 18.3. The van der Waals surface area contributed by atoms with Gasteiger partial charge in [0.1, 0.15) is 0 Å². The predicted octanol–water partition coefficient (Wildman–Crippen LogP) is 3.59. The predicted molar refractivity (Wildman–Crippen MR) is 126 cm³/mol. The van der Waals surface area contributed by atoms with Crippen molar-refractivity contribution in [2.24, 2.45) is 16.3 Å². The van der Waals surface area contributed by atoms with Crippen LogP contribution in [0.25, 0.3) is 0 Å². The second kappa shape index (κ2) is 14.0. The molecule has 0 spiro atoms.